The van der Waals surface area contributed by atoms with Gasteiger partial charge >= 0.3 is 6.03 Å². The van der Waals surface area contributed by atoms with Crippen molar-refractivity contribution in [1.29, 1.82) is 0 Å². The molecule has 0 saturated heterocycles. The van der Waals surface area contributed by atoms with E-state index in [4.69, 9.17) is 34.8 Å². The predicted molar refractivity (Wildman–Crippen MR) is 77.7 cm³/mol. The third-order valence-electron chi connectivity index (χ3n) is 2.17. The van der Waals surface area contributed by atoms with E-state index in [1.807, 2.05) is 0 Å². The zero-order chi connectivity index (χ0) is 15.6. The lowest BCUT2D eigenvalue weighted by atomic mass is 10.5. The summed E-state index contributed by atoms with van der Waals surface area (Å²) in [5, 5.41) is 0.753. The fraction of sp³-hybridized carbons (Fsp3) is 0.444. The topological polar surface area (TPSA) is 92.3 Å². The molecular weight excluding hydrogens is 351 g/mol. The minimum absolute atomic E-state index is 0.279. The van der Waals surface area contributed by atoms with Gasteiger partial charge in [-0.25, -0.2) is 23.2 Å². The van der Waals surface area contributed by atoms with Crippen molar-refractivity contribution in [2.24, 2.45) is 0 Å². The summed E-state index contributed by atoms with van der Waals surface area (Å²) in [6, 6.07) is -0.776. The van der Waals surface area contributed by atoms with Crippen LogP contribution in [-0.2, 0) is 9.84 Å². The first-order valence-corrected chi connectivity index (χ1v) is 8.16. The number of halogens is 3. The molecule has 1 unspecified atom stereocenters. The molecule has 0 aromatic carbocycles. The SMILES string of the molecule is CN(C(=O)Nc1cncnc1)C(C(Cl)(Cl)Cl)S(C)(=O)=O. The minimum Gasteiger partial charge on any atom is -0.307 e. The lowest BCUT2D eigenvalue weighted by Gasteiger charge is -2.31. The van der Waals surface area contributed by atoms with Crippen LogP contribution in [0.25, 0.3) is 0 Å². The summed E-state index contributed by atoms with van der Waals surface area (Å²) < 4.78 is 21.2. The van der Waals surface area contributed by atoms with Crippen molar-refractivity contribution in [1.82, 2.24) is 14.9 Å². The Bertz CT molecular complexity index is 576. The van der Waals surface area contributed by atoms with Crippen molar-refractivity contribution in [3.8, 4) is 0 Å². The fourth-order valence-corrected chi connectivity index (χ4v) is 4.48. The van der Waals surface area contributed by atoms with Gasteiger partial charge in [-0.3, -0.25) is 0 Å². The number of alkyl halides is 3. The molecule has 0 radical (unpaired) electrons. The van der Waals surface area contributed by atoms with Gasteiger partial charge in [0.1, 0.15) is 6.33 Å². The number of hydrogen-bond donors (Lipinski definition) is 1. The smallest absolute Gasteiger partial charge is 0.307 e. The number of nitrogens with zero attached hydrogens (tertiary/aromatic N) is 3. The number of anilines is 1. The molecule has 0 aliphatic rings. The van der Waals surface area contributed by atoms with Crippen LogP contribution in [0.1, 0.15) is 0 Å². The van der Waals surface area contributed by atoms with Crippen molar-refractivity contribution in [2.75, 3.05) is 18.6 Å². The number of carbonyl (C=O) groups is 1. The molecule has 0 fully saturated rings. The van der Waals surface area contributed by atoms with Crippen molar-refractivity contribution in [3.63, 3.8) is 0 Å². The molecule has 0 saturated carbocycles. The lowest BCUT2D eigenvalue weighted by Crippen LogP contribution is -2.51. The second-order valence-electron chi connectivity index (χ2n) is 3.89. The van der Waals surface area contributed by atoms with Crippen LogP contribution in [-0.4, -0.2) is 51.8 Å². The van der Waals surface area contributed by atoms with Crippen molar-refractivity contribution in [3.05, 3.63) is 18.7 Å². The molecule has 1 aromatic heterocycles. The highest BCUT2D eigenvalue weighted by molar-refractivity contribution is 7.91. The average molecular weight is 362 g/mol. The Balaban J connectivity index is 2.97. The Morgan fingerprint density at radius 2 is 1.85 bits per heavy atom. The van der Waals surface area contributed by atoms with E-state index in [9.17, 15) is 13.2 Å². The Hall–Kier alpha value is -0.830. The van der Waals surface area contributed by atoms with Gasteiger partial charge in [-0.1, -0.05) is 34.8 Å². The molecule has 2 amide bonds. The monoisotopic (exact) mass is 360 g/mol. The van der Waals surface area contributed by atoms with Gasteiger partial charge < -0.3 is 10.2 Å². The van der Waals surface area contributed by atoms with Crippen LogP contribution >= 0.6 is 34.8 Å². The molecule has 1 heterocycles. The zero-order valence-corrected chi connectivity index (χ0v) is 13.5. The van der Waals surface area contributed by atoms with Crippen molar-refractivity contribution >= 4 is 56.4 Å². The lowest BCUT2D eigenvalue weighted by molar-refractivity contribution is 0.217. The molecule has 0 aliphatic carbocycles. The Morgan fingerprint density at radius 3 is 2.25 bits per heavy atom. The van der Waals surface area contributed by atoms with Gasteiger partial charge in [0.25, 0.3) is 0 Å². The van der Waals surface area contributed by atoms with Crippen LogP contribution in [0.2, 0.25) is 0 Å². The van der Waals surface area contributed by atoms with Crippen LogP contribution in [0.3, 0.4) is 0 Å². The first kappa shape index (κ1) is 17.2. The summed E-state index contributed by atoms with van der Waals surface area (Å²) in [5.74, 6) is 0. The molecular formula is C9H11Cl3N4O3S. The van der Waals surface area contributed by atoms with Gasteiger partial charge in [0, 0.05) is 13.3 Å². The quantitative estimate of drug-likeness (QED) is 0.827. The Morgan fingerprint density at radius 1 is 1.35 bits per heavy atom. The zero-order valence-electron chi connectivity index (χ0n) is 10.4. The molecule has 0 spiro atoms. The summed E-state index contributed by atoms with van der Waals surface area (Å²) >= 11 is 16.9. The molecule has 1 aromatic rings. The van der Waals surface area contributed by atoms with Gasteiger partial charge in [-0.15, -0.1) is 0 Å². The fourth-order valence-electron chi connectivity index (χ4n) is 1.43. The largest absolute Gasteiger partial charge is 0.322 e. The van der Waals surface area contributed by atoms with Crippen molar-refractivity contribution in [2.45, 2.75) is 9.17 Å². The van der Waals surface area contributed by atoms with Crippen molar-refractivity contribution < 1.29 is 13.2 Å². The summed E-state index contributed by atoms with van der Waals surface area (Å²) in [7, 11) is -2.62. The number of aromatic nitrogens is 2. The summed E-state index contributed by atoms with van der Waals surface area (Å²) in [5.41, 5.74) is 0.279. The van der Waals surface area contributed by atoms with E-state index in [-0.39, 0.29) is 5.69 Å². The van der Waals surface area contributed by atoms with Gasteiger partial charge in [0.15, 0.2) is 15.2 Å². The molecule has 1 rings (SSSR count). The van der Waals surface area contributed by atoms with E-state index >= 15 is 0 Å². The van der Waals surface area contributed by atoms with E-state index in [1.54, 1.807) is 0 Å². The Labute approximate surface area is 131 Å². The molecule has 0 bridgehead atoms. The number of rotatable bonds is 3. The van der Waals surface area contributed by atoms with Gasteiger partial charge in [-0.2, -0.15) is 0 Å². The summed E-state index contributed by atoms with van der Waals surface area (Å²) in [4.78, 5) is 20.2. The summed E-state index contributed by atoms with van der Waals surface area (Å²) in [6.45, 7) is 0. The maximum Gasteiger partial charge on any atom is 0.322 e. The van der Waals surface area contributed by atoms with E-state index in [1.165, 1.54) is 25.8 Å². The van der Waals surface area contributed by atoms with E-state index < -0.39 is 25.0 Å². The minimum atomic E-state index is -3.82. The van der Waals surface area contributed by atoms with E-state index in [2.05, 4.69) is 15.3 Å². The first-order chi connectivity index (χ1) is 9.03. The second kappa shape index (κ2) is 6.30. The third-order valence-corrected chi connectivity index (χ3v) is 4.66. The van der Waals surface area contributed by atoms with Crippen LogP contribution < -0.4 is 5.32 Å². The predicted octanol–water partition coefficient (Wildman–Crippen LogP) is 1.68. The number of carbonyl (C=O) groups excluding carboxylic acids is 1. The average Bonchev–Trinajstić information content (AvgIpc) is 2.26. The summed E-state index contributed by atoms with van der Waals surface area (Å²) in [6.07, 6.45) is 4.82. The maximum atomic E-state index is 12.0. The number of amides is 2. The maximum absolute atomic E-state index is 12.0. The first-order valence-electron chi connectivity index (χ1n) is 5.08. The molecule has 7 nitrogen and oxygen atoms in total. The molecule has 0 aliphatic heterocycles. The van der Waals surface area contributed by atoms with Crippen LogP contribution in [0.15, 0.2) is 18.7 Å². The van der Waals surface area contributed by atoms with Crippen LogP contribution in [0.4, 0.5) is 10.5 Å². The normalized spacial score (nSPS) is 13.7. The highest BCUT2D eigenvalue weighted by Gasteiger charge is 2.45. The number of sulfone groups is 1. The Kier molecular flexibility index (Phi) is 5.42. The van der Waals surface area contributed by atoms with E-state index in [0.717, 1.165) is 11.2 Å². The third kappa shape index (κ3) is 4.62. The second-order valence-corrected chi connectivity index (χ2v) is 8.37. The van der Waals surface area contributed by atoms with Gasteiger partial charge in [0.05, 0.1) is 18.1 Å². The molecule has 20 heavy (non-hydrogen) atoms. The highest BCUT2D eigenvalue weighted by atomic mass is 35.6. The number of urea groups is 1. The highest BCUT2D eigenvalue weighted by Crippen LogP contribution is 2.35. The number of nitrogens with one attached hydrogen (secondary N) is 1. The van der Waals surface area contributed by atoms with Gasteiger partial charge in [-0.05, 0) is 0 Å². The molecule has 1 N–H and O–H groups in total. The van der Waals surface area contributed by atoms with Gasteiger partial charge in [0.2, 0.25) is 3.79 Å². The molecule has 112 valence electrons. The van der Waals surface area contributed by atoms with E-state index in [0.29, 0.717) is 0 Å². The van der Waals surface area contributed by atoms with Crippen LogP contribution in [0, 0.1) is 0 Å². The standard InChI is InChI=1S/C9H11Cl3N4O3S/c1-16(7(9(10,11)12)20(2,18)19)8(17)15-6-3-13-5-14-4-6/h3-5,7H,1-2H3,(H,15,17). The number of hydrogen-bond acceptors (Lipinski definition) is 5. The molecule has 1 atom stereocenters. The molecule has 11 heteroatoms. The van der Waals surface area contributed by atoms with Crippen LogP contribution in [0.5, 0.6) is 0 Å².